The minimum atomic E-state index is 0.234. The molecule has 2 aromatic rings. The molecule has 0 heterocycles. The van der Waals surface area contributed by atoms with Crippen molar-refractivity contribution in [2.45, 2.75) is 19.4 Å². The Morgan fingerprint density at radius 2 is 1.79 bits per heavy atom. The number of hydrogen-bond donors (Lipinski definition) is 1. The van der Waals surface area contributed by atoms with Gasteiger partial charge in [0.1, 0.15) is 0 Å². The fraction of sp³-hybridized carbons (Fsp3) is 0.250. The second kappa shape index (κ2) is 7.09. The van der Waals surface area contributed by atoms with Gasteiger partial charge in [-0.2, -0.15) is 0 Å². The lowest BCUT2D eigenvalue weighted by Gasteiger charge is -2.20. The summed E-state index contributed by atoms with van der Waals surface area (Å²) in [6.07, 6.45) is 0.916. The molecule has 0 saturated heterocycles. The number of nitrogens with one attached hydrogen (secondary N) is 1. The molecule has 100 valence electrons. The maximum Gasteiger partial charge on any atom is 0.0453 e. The number of rotatable bonds is 5. The van der Waals surface area contributed by atoms with E-state index in [1.54, 1.807) is 0 Å². The van der Waals surface area contributed by atoms with Gasteiger partial charge < -0.3 is 5.32 Å². The Balaban J connectivity index is 2.27. The Bertz CT molecular complexity index is 542. The predicted octanol–water partition coefficient (Wildman–Crippen LogP) is 5.00. The molecule has 0 spiro atoms. The van der Waals surface area contributed by atoms with Crippen molar-refractivity contribution < 1.29 is 0 Å². The fourth-order valence-corrected chi connectivity index (χ4v) is 2.89. The van der Waals surface area contributed by atoms with Crippen LogP contribution in [0.25, 0.3) is 0 Å². The molecule has 1 atom stereocenters. The quantitative estimate of drug-likeness (QED) is 0.809. The zero-order valence-electron chi connectivity index (χ0n) is 10.9. The van der Waals surface area contributed by atoms with Crippen LogP contribution in [0.4, 0.5) is 0 Å². The number of benzene rings is 2. The molecule has 0 fully saturated rings. The van der Waals surface area contributed by atoms with E-state index in [0.717, 1.165) is 28.0 Å². The maximum absolute atomic E-state index is 6.31. The Morgan fingerprint density at radius 1 is 1.11 bits per heavy atom. The second-order valence-corrected chi connectivity index (χ2v) is 5.69. The van der Waals surface area contributed by atoms with Crippen molar-refractivity contribution in [2.24, 2.45) is 0 Å². The number of halogens is 2. The first-order chi connectivity index (χ1) is 9.22. The Kier molecular flexibility index (Phi) is 5.44. The molecular weight excluding hydrogens is 322 g/mol. The van der Waals surface area contributed by atoms with E-state index in [9.17, 15) is 0 Å². The summed E-state index contributed by atoms with van der Waals surface area (Å²) in [4.78, 5) is 0. The van der Waals surface area contributed by atoms with E-state index in [1.807, 2.05) is 24.3 Å². The smallest absolute Gasteiger partial charge is 0.0453 e. The van der Waals surface area contributed by atoms with Crippen LogP contribution < -0.4 is 5.32 Å². The molecule has 3 heteroatoms. The van der Waals surface area contributed by atoms with Crippen LogP contribution in [0.3, 0.4) is 0 Å². The minimum Gasteiger partial charge on any atom is -0.310 e. The highest BCUT2D eigenvalue weighted by Gasteiger charge is 2.15. The zero-order chi connectivity index (χ0) is 13.7. The van der Waals surface area contributed by atoms with Crippen molar-refractivity contribution in [3.05, 3.63) is 69.2 Å². The molecule has 0 aromatic heterocycles. The van der Waals surface area contributed by atoms with Gasteiger partial charge in [0.25, 0.3) is 0 Å². The van der Waals surface area contributed by atoms with Crippen LogP contribution >= 0.6 is 27.5 Å². The summed E-state index contributed by atoms with van der Waals surface area (Å²) >= 11 is 9.92. The first kappa shape index (κ1) is 14.6. The summed E-state index contributed by atoms with van der Waals surface area (Å²) in [5.41, 5.74) is 2.44. The van der Waals surface area contributed by atoms with Gasteiger partial charge in [-0.1, -0.05) is 70.9 Å². The molecule has 1 N–H and O–H groups in total. The lowest BCUT2D eigenvalue weighted by molar-refractivity contribution is 0.549. The Morgan fingerprint density at radius 3 is 2.47 bits per heavy atom. The van der Waals surface area contributed by atoms with Crippen molar-refractivity contribution in [3.63, 3.8) is 0 Å². The summed E-state index contributed by atoms with van der Waals surface area (Å²) in [6, 6.07) is 16.6. The molecule has 2 rings (SSSR count). The Labute approximate surface area is 128 Å². The second-order valence-electron chi connectivity index (χ2n) is 4.43. The van der Waals surface area contributed by atoms with Gasteiger partial charge in [-0.05, 0) is 36.2 Å². The van der Waals surface area contributed by atoms with Gasteiger partial charge in [-0.15, -0.1) is 0 Å². The van der Waals surface area contributed by atoms with Crippen molar-refractivity contribution in [2.75, 3.05) is 6.54 Å². The topological polar surface area (TPSA) is 12.0 Å². The van der Waals surface area contributed by atoms with E-state index in [1.165, 1.54) is 5.56 Å². The van der Waals surface area contributed by atoms with Gasteiger partial charge >= 0.3 is 0 Å². The lowest BCUT2D eigenvalue weighted by Crippen LogP contribution is -2.23. The largest absolute Gasteiger partial charge is 0.310 e. The summed E-state index contributed by atoms with van der Waals surface area (Å²) in [7, 11) is 0. The predicted molar refractivity (Wildman–Crippen MR) is 85.7 cm³/mol. The van der Waals surface area contributed by atoms with Crippen LogP contribution in [0, 0.1) is 0 Å². The van der Waals surface area contributed by atoms with Crippen LogP contribution in [0.2, 0.25) is 5.02 Å². The highest BCUT2D eigenvalue weighted by molar-refractivity contribution is 9.10. The molecular formula is C16H17BrClN. The van der Waals surface area contributed by atoms with E-state index in [4.69, 9.17) is 11.6 Å². The van der Waals surface area contributed by atoms with E-state index in [-0.39, 0.29) is 6.04 Å². The maximum atomic E-state index is 6.31. The first-order valence-corrected chi connectivity index (χ1v) is 7.60. The summed E-state index contributed by atoms with van der Waals surface area (Å²) in [5.74, 6) is 0. The number of hydrogen-bond acceptors (Lipinski definition) is 1. The molecule has 0 aliphatic heterocycles. The van der Waals surface area contributed by atoms with Crippen molar-refractivity contribution in [3.8, 4) is 0 Å². The molecule has 0 saturated carbocycles. The first-order valence-electron chi connectivity index (χ1n) is 6.43. The van der Waals surface area contributed by atoms with Gasteiger partial charge in [0.2, 0.25) is 0 Å². The van der Waals surface area contributed by atoms with Crippen LogP contribution in [-0.2, 0) is 6.42 Å². The lowest BCUT2D eigenvalue weighted by atomic mass is 9.99. The summed E-state index contributed by atoms with van der Waals surface area (Å²) in [5, 5.41) is 4.33. The molecule has 0 aliphatic carbocycles. The molecule has 0 radical (unpaired) electrons. The average molecular weight is 339 g/mol. The van der Waals surface area contributed by atoms with E-state index < -0.39 is 0 Å². The molecule has 1 nitrogen and oxygen atoms in total. The van der Waals surface area contributed by atoms with Crippen LogP contribution in [-0.4, -0.2) is 6.54 Å². The van der Waals surface area contributed by atoms with Crippen molar-refractivity contribution >= 4 is 27.5 Å². The zero-order valence-corrected chi connectivity index (χ0v) is 13.2. The standard InChI is InChI=1S/C16H17BrClN/c1-2-19-16(13-8-4-6-10-15(13)18)11-12-7-3-5-9-14(12)17/h3-10,16,19H,2,11H2,1H3. The highest BCUT2D eigenvalue weighted by Crippen LogP contribution is 2.28. The normalized spacial score (nSPS) is 12.4. The molecule has 0 bridgehead atoms. The molecule has 19 heavy (non-hydrogen) atoms. The van der Waals surface area contributed by atoms with Crippen LogP contribution in [0.5, 0.6) is 0 Å². The minimum absolute atomic E-state index is 0.234. The fourth-order valence-electron chi connectivity index (χ4n) is 2.18. The van der Waals surface area contributed by atoms with Gasteiger partial charge in [0.05, 0.1) is 0 Å². The summed E-state index contributed by atoms with van der Waals surface area (Å²) < 4.78 is 1.14. The van der Waals surface area contributed by atoms with Gasteiger partial charge in [-0.3, -0.25) is 0 Å². The monoisotopic (exact) mass is 337 g/mol. The van der Waals surface area contributed by atoms with Crippen LogP contribution in [0.15, 0.2) is 53.0 Å². The number of likely N-dealkylation sites (N-methyl/N-ethyl adjacent to an activating group) is 1. The van der Waals surface area contributed by atoms with Gasteiger partial charge in [-0.25, -0.2) is 0 Å². The average Bonchev–Trinajstić information content (AvgIpc) is 2.41. The third kappa shape index (κ3) is 3.82. The van der Waals surface area contributed by atoms with Crippen molar-refractivity contribution in [1.82, 2.24) is 5.32 Å². The van der Waals surface area contributed by atoms with Crippen molar-refractivity contribution in [1.29, 1.82) is 0 Å². The third-order valence-electron chi connectivity index (χ3n) is 3.11. The van der Waals surface area contributed by atoms with E-state index in [0.29, 0.717) is 0 Å². The molecule has 0 aliphatic rings. The molecule has 1 unspecified atom stereocenters. The SMILES string of the molecule is CCNC(Cc1ccccc1Br)c1ccccc1Cl. The highest BCUT2D eigenvalue weighted by atomic mass is 79.9. The third-order valence-corrected chi connectivity index (χ3v) is 4.23. The van der Waals surface area contributed by atoms with E-state index >= 15 is 0 Å². The molecule has 0 amide bonds. The summed E-state index contributed by atoms with van der Waals surface area (Å²) in [6.45, 7) is 3.03. The van der Waals surface area contributed by atoms with E-state index in [2.05, 4.69) is 52.4 Å². The molecule has 2 aromatic carbocycles. The van der Waals surface area contributed by atoms with Crippen LogP contribution in [0.1, 0.15) is 24.1 Å². The van der Waals surface area contributed by atoms with Gasteiger partial charge in [0, 0.05) is 15.5 Å². The Hall–Kier alpha value is -0.830. The van der Waals surface area contributed by atoms with Gasteiger partial charge in [0.15, 0.2) is 0 Å².